The number of allylic oxidation sites excluding steroid dienone is 1. The van der Waals surface area contributed by atoms with Crippen LogP contribution in [0, 0.1) is 12.7 Å². The standard InChI is InChI=1S/C33H46FNO5/c1-6-38-33(37)15-8-7-12-30-29(13-9-14-32(30)40-23(2)3)25(5)39-22-28(36)21-35-18-10-11-27(35)19-26-17-16-24(4)31(34)20-26/h7,9,12-14,16-17,20,23,25,27-28,36H,6,8,10-11,15,18-19,21-22H2,1-5H3/b12-7+/t25?,27-,28+/m0/s1. The van der Waals surface area contributed by atoms with Gasteiger partial charge in [-0.15, -0.1) is 0 Å². The molecule has 1 saturated heterocycles. The van der Waals surface area contributed by atoms with Crippen molar-refractivity contribution in [2.45, 2.75) is 91.1 Å². The molecule has 1 heterocycles. The Hall–Kier alpha value is -2.74. The minimum atomic E-state index is -0.642. The van der Waals surface area contributed by atoms with Gasteiger partial charge in [0, 0.05) is 24.6 Å². The van der Waals surface area contributed by atoms with Crippen LogP contribution in [0.5, 0.6) is 5.75 Å². The maximum absolute atomic E-state index is 14.0. The monoisotopic (exact) mass is 555 g/mol. The van der Waals surface area contributed by atoms with Crippen molar-refractivity contribution in [2.24, 2.45) is 0 Å². The van der Waals surface area contributed by atoms with Gasteiger partial charge in [0.25, 0.3) is 0 Å². The van der Waals surface area contributed by atoms with E-state index in [2.05, 4.69) is 4.90 Å². The molecule has 0 bridgehead atoms. The van der Waals surface area contributed by atoms with Gasteiger partial charge < -0.3 is 19.3 Å². The number of esters is 1. The molecule has 1 aliphatic heterocycles. The van der Waals surface area contributed by atoms with E-state index in [-0.39, 0.29) is 36.6 Å². The predicted octanol–water partition coefficient (Wildman–Crippen LogP) is 6.42. The van der Waals surface area contributed by atoms with Crippen LogP contribution >= 0.6 is 0 Å². The highest BCUT2D eigenvalue weighted by Crippen LogP contribution is 2.31. The first-order chi connectivity index (χ1) is 19.2. The Balaban J connectivity index is 1.60. The molecule has 0 spiro atoms. The average Bonchev–Trinajstić information content (AvgIpc) is 3.33. The number of likely N-dealkylation sites (tertiary alicyclic amines) is 1. The van der Waals surface area contributed by atoms with E-state index in [1.165, 1.54) is 0 Å². The lowest BCUT2D eigenvalue weighted by molar-refractivity contribution is -0.143. The Kier molecular flexibility index (Phi) is 12.6. The lowest BCUT2D eigenvalue weighted by Gasteiger charge is -2.28. The van der Waals surface area contributed by atoms with E-state index in [9.17, 15) is 14.3 Å². The minimum absolute atomic E-state index is 0.00443. The third-order valence-electron chi connectivity index (χ3n) is 7.20. The van der Waals surface area contributed by atoms with Crippen molar-refractivity contribution in [3.8, 4) is 5.75 Å². The summed E-state index contributed by atoms with van der Waals surface area (Å²) in [5.41, 5.74) is 3.52. The Morgan fingerprint density at radius 2 is 2.02 bits per heavy atom. The summed E-state index contributed by atoms with van der Waals surface area (Å²) in [6.07, 6.45) is 6.78. The van der Waals surface area contributed by atoms with Crippen LogP contribution in [0.15, 0.2) is 42.5 Å². The molecule has 220 valence electrons. The topological polar surface area (TPSA) is 68.2 Å². The summed E-state index contributed by atoms with van der Waals surface area (Å²) in [7, 11) is 0. The number of carbonyl (C=O) groups excluding carboxylic acids is 1. The number of aliphatic hydroxyl groups excluding tert-OH is 1. The number of halogens is 1. The molecule has 1 fully saturated rings. The zero-order valence-corrected chi connectivity index (χ0v) is 24.7. The number of aryl methyl sites for hydroxylation is 1. The van der Waals surface area contributed by atoms with E-state index >= 15 is 0 Å². The number of hydrogen-bond donors (Lipinski definition) is 1. The minimum Gasteiger partial charge on any atom is -0.490 e. The number of rotatable bonds is 15. The zero-order chi connectivity index (χ0) is 29.1. The number of hydrogen-bond acceptors (Lipinski definition) is 6. The SMILES string of the molecule is CCOC(=O)CC/C=C/c1c(OC(C)C)cccc1C(C)OC[C@H](O)CN1CCC[C@H]1Cc1ccc(C)c(F)c1. The fraction of sp³-hybridized carbons (Fsp3) is 0.545. The van der Waals surface area contributed by atoms with E-state index in [1.807, 2.05) is 63.3 Å². The van der Waals surface area contributed by atoms with E-state index in [0.717, 1.165) is 48.2 Å². The number of ether oxygens (including phenoxy) is 3. The molecule has 0 aliphatic carbocycles. The van der Waals surface area contributed by atoms with Gasteiger partial charge in [0.1, 0.15) is 11.6 Å². The Bertz CT molecular complexity index is 1120. The van der Waals surface area contributed by atoms with Crippen LogP contribution in [-0.4, -0.2) is 60.5 Å². The number of carbonyl (C=O) groups is 1. The van der Waals surface area contributed by atoms with Gasteiger partial charge in [-0.1, -0.05) is 36.4 Å². The molecule has 0 saturated carbocycles. The smallest absolute Gasteiger partial charge is 0.306 e. The van der Waals surface area contributed by atoms with Gasteiger partial charge in [-0.25, -0.2) is 4.39 Å². The number of benzene rings is 2. The molecule has 0 amide bonds. The van der Waals surface area contributed by atoms with Crippen LogP contribution < -0.4 is 4.74 Å². The molecular weight excluding hydrogens is 509 g/mol. The summed E-state index contributed by atoms with van der Waals surface area (Å²) in [4.78, 5) is 14.0. The third-order valence-corrected chi connectivity index (χ3v) is 7.20. The molecule has 1 N–H and O–H groups in total. The van der Waals surface area contributed by atoms with Gasteiger partial charge in [0.2, 0.25) is 0 Å². The first-order valence-electron chi connectivity index (χ1n) is 14.6. The average molecular weight is 556 g/mol. The quantitative estimate of drug-likeness (QED) is 0.256. The fourth-order valence-corrected chi connectivity index (χ4v) is 5.16. The second-order valence-corrected chi connectivity index (χ2v) is 10.9. The lowest BCUT2D eigenvalue weighted by Crippen LogP contribution is -2.39. The maximum atomic E-state index is 14.0. The largest absolute Gasteiger partial charge is 0.490 e. The lowest BCUT2D eigenvalue weighted by atomic mass is 10.0. The Labute approximate surface area is 239 Å². The first kappa shape index (κ1) is 31.8. The van der Waals surface area contributed by atoms with E-state index in [0.29, 0.717) is 31.6 Å². The summed E-state index contributed by atoms with van der Waals surface area (Å²) >= 11 is 0. The second kappa shape index (κ2) is 15.9. The summed E-state index contributed by atoms with van der Waals surface area (Å²) in [6, 6.07) is 11.6. The number of nitrogens with zero attached hydrogens (tertiary/aromatic N) is 1. The van der Waals surface area contributed by atoms with Crippen molar-refractivity contribution >= 4 is 12.0 Å². The Morgan fingerprint density at radius 3 is 2.75 bits per heavy atom. The van der Waals surface area contributed by atoms with Crippen molar-refractivity contribution in [2.75, 3.05) is 26.3 Å². The van der Waals surface area contributed by atoms with Crippen LogP contribution in [-0.2, 0) is 20.7 Å². The van der Waals surface area contributed by atoms with Crippen molar-refractivity contribution in [1.82, 2.24) is 4.90 Å². The molecule has 6 nitrogen and oxygen atoms in total. The molecule has 1 unspecified atom stereocenters. The molecule has 2 aromatic carbocycles. The van der Waals surface area contributed by atoms with Crippen LogP contribution in [0.2, 0.25) is 0 Å². The van der Waals surface area contributed by atoms with Crippen molar-refractivity contribution in [1.29, 1.82) is 0 Å². The van der Waals surface area contributed by atoms with E-state index < -0.39 is 6.10 Å². The van der Waals surface area contributed by atoms with Gasteiger partial charge in [0.15, 0.2) is 0 Å². The summed E-state index contributed by atoms with van der Waals surface area (Å²) in [6.45, 7) is 11.5. The highest BCUT2D eigenvalue weighted by atomic mass is 19.1. The highest BCUT2D eigenvalue weighted by Gasteiger charge is 2.27. The molecule has 40 heavy (non-hydrogen) atoms. The highest BCUT2D eigenvalue weighted by molar-refractivity contribution is 5.70. The van der Waals surface area contributed by atoms with Crippen LogP contribution in [0.4, 0.5) is 4.39 Å². The predicted molar refractivity (Wildman–Crippen MR) is 157 cm³/mol. The molecule has 0 radical (unpaired) electrons. The fourth-order valence-electron chi connectivity index (χ4n) is 5.16. The number of β-amino-alcohol motifs (C(OH)–C–C–N with tert-alkyl or cyclic N) is 1. The van der Waals surface area contributed by atoms with Gasteiger partial charge in [0.05, 0.1) is 31.5 Å². The second-order valence-electron chi connectivity index (χ2n) is 10.9. The van der Waals surface area contributed by atoms with E-state index in [1.54, 1.807) is 19.9 Å². The summed E-state index contributed by atoms with van der Waals surface area (Å²) < 4.78 is 31.3. The van der Waals surface area contributed by atoms with E-state index in [4.69, 9.17) is 14.2 Å². The van der Waals surface area contributed by atoms with Gasteiger partial charge in [-0.2, -0.15) is 0 Å². The Morgan fingerprint density at radius 1 is 1.23 bits per heavy atom. The van der Waals surface area contributed by atoms with Crippen LogP contribution in [0.25, 0.3) is 6.08 Å². The summed E-state index contributed by atoms with van der Waals surface area (Å²) in [5, 5.41) is 10.9. The van der Waals surface area contributed by atoms with Crippen molar-refractivity contribution < 1.29 is 28.5 Å². The van der Waals surface area contributed by atoms with Crippen LogP contribution in [0.1, 0.15) is 81.7 Å². The first-order valence-corrected chi connectivity index (χ1v) is 14.6. The zero-order valence-electron chi connectivity index (χ0n) is 24.7. The normalized spacial score (nSPS) is 17.4. The third kappa shape index (κ3) is 9.72. The molecule has 3 atom stereocenters. The molecular formula is C33H46FNO5. The molecule has 7 heteroatoms. The molecule has 0 aromatic heterocycles. The molecule has 2 aromatic rings. The van der Waals surface area contributed by atoms with Gasteiger partial charge >= 0.3 is 5.97 Å². The van der Waals surface area contributed by atoms with Gasteiger partial charge in [-0.05, 0) is 95.7 Å². The van der Waals surface area contributed by atoms with Crippen molar-refractivity contribution in [3.05, 3.63) is 70.5 Å². The molecule has 1 aliphatic rings. The van der Waals surface area contributed by atoms with Gasteiger partial charge in [-0.3, -0.25) is 9.69 Å². The van der Waals surface area contributed by atoms with Crippen LogP contribution in [0.3, 0.4) is 0 Å². The number of aliphatic hydroxyl groups is 1. The van der Waals surface area contributed by atoms with Crippen molar-refractivity contribution in [3.63, 3.8) is 0 Å². The maximum Gasteiger partial charge on any atom is 0.306 e. The molecule has 3 rings (SSSR count). The summed E-state index contributed by atoms with van der Waals surface area (Å²) in [5.74, 6) is 0.375.